The van der Waals surface area contributed by atoms with Gasteiger partial charge >= 0.3 is 0 Å². The third kappa shape index (κ3) is 4.89. The molecule has 5 heteroatoms. The minimum Gasteiger partial charge on any atom is -0.469 e. The lowest BCUT2D eigenvalue weighted by Gasteiger charge is -2.20. The fraction of sp³-hybridized carbons (Fsp3) is 0.667. The number of rotatable bonds is 8. The van der Waals surface area contributed by atoms with Gasteiger partial charge in [0.15, 0.2) is 5.96 Å². The van der Waals surface area contributed by atoms with Gasteiger partial charge in [-0.3, -0.25) is 9.89 Å². The van der Waals surface area contributed by atoms with Gasteiger partial charge in [0.25, 0.3) is 0 Å². The van der Waals surface area contributed by atoms with E-state index in [9.17, 15) is 0 Å². The van der Waals surface area contributed by atoms with Crippen LogP contribution in [0.5, 0.6) is 0 Å². The van der Waals surface area contributed by atoms with E-state index in [0.717, 1.165) is 50.4 Å². The molecule has 1 aromatic heterocycles. The van der Waals surface area contributed by atoms with Crippen molar-refractivity contribution in [2.75, 3.05) is 33.2 Å². The van der Waals surface area contributed by atoms with Gasteiger partial charge in [-0.1, -0.05) is 6.92 Å². The minimum atomic E-state index is 0.827. The van der Waals surface area contributed by atoms with E-state index in [1.807, 2.05) is 12.1 Å². The zero-order valence-electron chi connectivity index (χ0n) is 12.6. The van der Waals surface area contributed by atoms with Crippen LogP contribution in [0.25, 0.3) is 0 Å². The first-order chi connectivity index (χ1) is 9.83. The molecule has 2 N–H and O–H groups in total. The van der Waals surface area contributed by atoms with Crippen LogP contribution < -0.4 is 10.6 Å². The summed E-state index contributed by atoms with van der Waals surface area (Å²) in [4.78, 5) is 6.77. The average Bonchev–Trinajstić information content (AvgIpc) is 3.18. The summed E-state index contributed by atoms with van der Waals surface area (Å²) in [5.41, 5.74) is 0. The fourth-order valence-electron chi connectivity index (χ4n) is 2.34. The fourth-order valence-corrected chi connectivity index (χ4v) is 2.34. The van der Waals surface area contributed by atoms with Gasteiger partial charge in [0, 0.05) is 39.1 Å². The molecule has 0 bridgehead atoms. The number of nitrogens with zero attached hydrogens (tertiary/aromatic N) is 2. The molecular formula is C15H26N4O. The molecule has 1 aliphatic rings. The Kier molecular flexibility index (Phi) is 5.92. The third-order valence-corrected chi connectivity index (χ3v) is 3.63. The number of hydrogen-bond acceptors (Lipinski definition) is 3. The highest BCUT2D eigenvalue weighted by atomic mass is 16.3. The summed E-state index contributed by atoms with van der Waals surface area (Å²) in [6.07, 6.45) is 5.31. The first-order valence-corrected chi connectivity index (χ1v) is 7.54. The van der Waals surface area contributed by atoms with E-state index < -0.39 is 0 Å². The number of likely N-dealkylation sites (N-methyl/N-ethyl adjacent to an activating group) is 1. The molecule has 0 atom stereocenters. The van der Waals surface area contributed by atoms with Gasteiger partial charge in [-0.15, -0.1) is 0 Å². The maximum Gasteiger partial charge on any atom is 0.191 e. The molecule has 20 heavy (non-hydrogen) atoms. The highest BCUT2D eigenvalue weighted by Gasteiger charge is 2.27. The van der Waals surface area contributed by atoms with E-state index in [1.165, 1.54) is 12.8 Å². The van der Waals surface area contributed by atoms with Crippen molar-refractivity contribution in [3.63, 3.8) is 0 Å². The molecule has 0 unspecified atom stereocenters. The molecule has 0 saturated heterocycles. The van der Waals surface area contributed by atoms with Crippen molar-refractivity contribution in [1.29, 1.82) is 0 Å². The molecule has 0 aromatic carbocycles. The highest BCUT2D eigenvalue weighted by molar-refractivity contribution is 5.79. The van der Waals surface area contributed by atoms with Crippen LogP contribution in [0.3, 0.4) is 0 Å². The van der Waals surface area contributed by atoms with Crippen molar-refractivity contribution < 1.29 is 4.42 Å². The molecule has 0 aliphatic heterocycles. The summed E-state index contributed by atoms with van der Waals surface area (Å²) in [7, 11) is 1.81. The summed E-state index contributed by atoms with van der Waals surface area (Å²) in [6.45, 7) is 6.21. The van der Waals surface area contributed by atoms with Crippen molar-refractivity contribution in [2.24, 2.45) is 4.99 Å². The largest absolute Gasteiger partial charge is 0.469 e. The summed E-state index contributed by atoms with van der Waals surface area (Å²) >= 11 is 0. The van der Waals surface area contributed by atoms with Crippen molar-refractivity contribution in [3.8, 4) is 0 Å². The summed E-state index contributed by atoms with van der Waals surface area (Å²) in [5.74, 6) is 1.86. The van der Waals surface area contributed by atoms with E-state index in [2.05, 4.69) is 27.4 Å². The van der Waals surface area contributed by atoms with Crippen LogP contribution in [0.15, 0.2) is 27.8 Å². The minimum absolute atomic E-state index is 0.827. The van der Waals surface area contributed by atoms with Gasteiger partial charge in [0.05, 0.1) is 6.26 Å². The Morgan fingerprint density at radius 2 is 2.20 bits per heavy atom. The molecule has 1 heterocycles. The first kappa shape index (κ1) is 14.9. The van der Waals surface area contributed by atoms with Crippen LogP contribution in [0.4, 0.5) is 0 Å². The number of nitrogens with one attached hydrogen (secondary N) is 2. The Morgan fingerprint density at radius 1 is 1.40 bits per heavy atom. The second-order valence-corrected chi connectivity index (χ2v) is 5.11. The zero-order chi connectivity index (χ0) is 14.2. The van der Waals surface area contributed by atoms with Crippen LogP contribution in [-0.4, -0.2) is 50.1 Å². The van der Waals surface area contributed by atoms with Crippen molar-refractivity contribution >= 4 is 5.96 Å². The van der Waals surface area contributed by atoms with Crippen molar-refractivity contribution in [1.82, 2.24) is 15.5 Å². The summed E-state index contributed by atoms with van der Waals surface area (Å²) in [5, 5.41) is 6.67. The van der Waals surface area contributed by atoms with Gasteiger partial charge in [-0.2, -0.15) is 0 Å². The lowest BCUT2D eigenvalue weighted by atomic mass is 10.3. The lowest BCUT2D eigenvalue weighted by molar-refractivity contribution is 0.282. The van der Waals surface area contributed by atoms with Crippen LogP contribution in [-0.2, 0) is 6.42 Å². The maximum atomic E-state index is 5.30. The Morgan fingerprint density at radius 3 is 2.80 bits per heavy atom. The molecule has 0 amide bonds. The molecule has 1 fully saturated rings. The van der Waals surface area contributed by atoms with Gasteiger partial charge in [0.2, 0.25) is 0 Å². The number of hydrogen-bond donors (Lipinski definition) is 2. The maximum absolute atomic E-state index is 5.30. The van der Waals surface area contributed by atoms with Crippen LogP contribution in [0.1, 0.15) is 25.5 Å². The average molecular weight is 278 g/mol. The molecule has 2 rings (SSSR count). The van der Waals surface area contributed by atoms with Gasteiger partial charge < -0.3 is 15.1 Å². The SMILES string of the molecule is CCN(CCNC(=NC)NCCc1ccco1)C1CC1. The van der Waals surface area contributed by atoms with Crippen LogP contribution in [0, 0.1) is 0 Å². The van der Waals surface area contributed by atoms with E-state index in [1.54, 1.807) is 13.3 Å². The van der Waals surface area contributed by atoms with Crippen LogP contribution >= 0.6 is 0 Å². The Labute approximate surface area is 121 Å². The number of guanidine groups is 1. The van der Waals surface area contributed by atoms with Gasteiger partial charge in [0.1, 0.15) is 5.76 Å². The second-order valence-electron chi connectivity index (χ2n) is 5.11. The highest BCUT2D eigenvalue weighted by Crippen LogP contribution is 2.25. The molecule has 0 radical (unpaired) electrons. The number of furan rings is 1. The first-order valence-electron chi connectivity index (χ1n) is 7.54. The van der Waals surface area contributed by atoms with E-state index in [-0.39, 0.29) is 0 Å². The van der Waals surface area contributed by atoms with Crippen LogP contribution in [0.2, 0.25) is 0 Å². The molecule has 1 aliphatic carbocycles. The predicted molar refractivity (Wildman–Crippen MR) is 82.0 cm³/mol. The standard InChI is InChI=1S/C15H26N4O/c1-3-19(13-6-7-13)11-10-18-15(16-2)17-9-8-14-5-4-12-20-14/h4-5,12-13H,3,6-11H2,1-2H3,(H2,16,17,18). The Balaban J connectivity index is 1.59. The molecule has 1 saturated carbocycles. The van der Waals surface area contributed by atoms with E-state index in [0.29, 0.717) is 0 Å². The normalized spacial score (nSPS) is 15.7. The lowest BCUT2D eigenvalue weighted by Crippen LogP contribution is -2.42. The monoisotopic (exact) mass is 278 g/mol. The molecule has 0 spiro atoms. The number of aliphatic imine (C=N–C) groups is 1. The van der Waals surface area contributed by atoms with E-state index >= 15 is 0 Å². The quantitative estimate of drug-likeness (QED) is 0.558. The predicted octanol–water partition coefficient (Wildman–Crippen LogP) is 1.47. The van der Waals surface area contributed by atoms with Gasteiger partial charge in [-0.05, 0) is 31.5 Å². The zero-order valence-corrected chi connectivity index (χ0v) is 12.6. The smallest absolute Gasteiger partial charge is 0.191 e. The van der Waals surface area contributed by atoms with Crippen molar-refractivity contribution in [3.05, 3.63) is 24.2 Å². The van der Waals surface area contributed by atoms with Gasteiger partial charge in [-0.25, -0.2) is 0 Å². The topological polar surface area (TPSA) is 52.8 Å². The molecule has 112 valence electrons. The second kappa shape index (κ2) is 7.94. The van der Waals surface area contributed by atoms with E-state index in [4.69, 9.17) is 4.42 Å². The van der Waals surface area contributed by atoms with Crippen molar-refractivity contribution in [2.45, 2.75) is 32.2 Å². The summed E-state index contributed by atoms with van der Waals surface area (Å²) in [6, 6.07) is 4.74. The Hall–Kier alpha value is -1.49. The molecule has 5 nitrogen and oxygen atoms in total. The Bertz CT molecular complexity index is 398. The third-order valence-electron chi connectivity index (χ3n) is 3.63. The summed E-state index contributed by atoms with van der Waals surface area (Å²) < 4.78 is 5.30. The molecular weight excluding hydrogens is 252 g/mol. The molecule has 1 aromatic rings.